The predicted molar refractivity (Wildman–Crippen MR) is 113 cm³/mol. The summed E-state index contributed by atoms with van der Waals surface area (Å²) in [5.41, 5.74) is 0.393. The standard InChI is InChI=1S/C25H40O5/c1-23-11-8-17(27-3)14-16(23)6-7-18-19(23)9-12-24(2)20(18)15-21(22(26)28-4)30-25(24)10-5-13-29-25/h16-21H,5-15H2,1-4H3/t16-,17-,18+,19-,20-,21+,23-,24-,25-/m0/s1. The molecule has 5 nitrogen and oxygen atoms in total. The van der Waals surface area contributed by atoms with Crippen LogP contribution in [0.25, 0.3) is 0 Å². The van der Waals surface area contributed by atoms with E-state index in [-0.39, 0.29) is 11.4 Å². The number of carbonyl (C=O) groups is 1. The van der Waals surface area contributed by atoms with Crippen LogP contribution in [0.4, 0.5) is 0 Å². The molecule has 0 aromatic carbocycles. The molecule has 9 atom stereocenters. The van der Waals surface area contributed by atoms with Crippen molar-refractivity contribution in [2.24, 2.45) is 34.5 Å². The Balaban J connectivity index is 1.47. The lowest BCUT2D eigenvalue weighted by molar-refractivity contribution is -0.350. The Morgan fingerprint density at radius 3 is 2.50 bits per heavy atom. The van der Waals surface area contributed by atoms with Crippen molar-refractivity contribution in [3.05, 3.63) is 0 Å². The molecule has 1 spiro atoms. The molecule has 3 aliphatic carbocycles. The third-order valence-corrected chi connectivity index (χ3v) is 10.5. The highest BCUT2D eigenvalue weighted by Gasteiger charge is 2.67. The molecule has 5 fully saturated rings. The summed E-state index contributed by atoms with van der Waals surface area (Å²) in [6, 6.07) is 0. The second-order valence-corrected chi connectivity index (χ2v) is 11.3. The molecule has 5 heteroatoms. The molecule has 30 heavy (non-hydrogen) atoms. The van der Waals surface area contributed by atoms with Crippen LogP contribution in [-0.4, -0.2) is 44.8 Å². The minimum Gasteiger partial charge on any atom is -0.467 e. The topological polar surface area (TPSA) is 54.0 Å². The van der Waals surface area contributed by atoms with Gasteiger partial charge in [0.05, 0.1) is 19.8 Å². The summed E-state index contributed by atoms with van der Waals surface area (Å²) in [5.74, 6) is 1.79. The first-order chi connectivity index (χ1) is 14.4. The molecule has 0 amide bonds. The molecule has 5 rings (SSSR count). The summed E-state index contributed by atoms with van der Waals surface area (Å²) >= 11 is 0. The van der Waals surface area contributed by atoms with Crippen molar-refractivity contribution >= 4 is 5.97 Å². The maximum absolute atomic E-state index is 12.6. The molecule has 2 saturated heterocycles. The zero-order valence-corrected chi connectivity index (χ0v) is 19.3. The van der Waals surface area contributed by atoms with E-state index in [2.05, 4.69) is 13.8 Å². The lowest BCUT2D eigenvalue weighted by atomic mass is 9.42. The summed E-state index contributed by atoms with van der Waals surface area (Å²) in [5, 5.41) is 0. The maximum Gasteiger partial charge on any atom is 0.335 e. The van der Waals surface area contributed by atoms with Gasteiger partial charge in [-0.3, -0.25) is 0 Å². The van der Waals surface area contributed by atoms with Gasteiger partial charge >= 0.3 is 5.97 Å². The van der Waals surface area contributed by atoms with Crippen LogP contribution in [0.3, 0.4) is 0 Å². The van der Waals surface area contributed by atoms with Crippen molar-refractivity contribution in [3.63, 3.8) is 0 Å². The number of fused-ring (bicyclic) bond motifs is 6. The van der Waals surface area contributed by atoms with Gasteiger partial charge in [0.2, 0.25) is 0 Å². The molecule has 2 heterocycles. The SMILES string of the molecule is COC(=O)[C@H]1C[C@H]2[C@@H]3CC[C@H]4C[C@@H](OC)CC[C@]4(C)[C@H]3CC[C@]2(C)[C@]2(CCCO2)O1. The Labute approximate surface area is 181 Å². The van der Waals surface area contributed by atoms with Crippen LogP contribution < -0.4 is 0 Å². The number of methoxy groups -OCH3 is 2. The Hall–Kier alpha value is -0.650. The number of hydrogen-bond donors (Lipinski definition) is 0. The van der Waals surface area contributed by atoms with Crippen molar-refractivity contribution < 1.29 is 23.7 Å². The van der Waals surface area contributed by atoms with Crippen molar-refractivity contribution in [1.82, 2.24) is 0 Å². The molecule has 0 aromatic rings. The van der Waals surface area contributed by atoms with Gasteiger partial charge < -0.3 is 18.9 Å². The Morgan fingerprint density at radius 1 is 0.967 bits per heavy atom. The molecule has 5 aliphatic rings. The Bertz CT molecular complexity index is 672. The molecule has 0 N–H and O–H groups in total. The average molecular weight is 421 g/mol. The minimum absolute atomic E-state index is 0.0118. The van der Waals surface area contributed by atoms with Crippen LogP contribution in [0.5, 0.6) is 0 Å². The van der Waals surface area contributed by atoms with Gasteiger partial charge in [-0.05, 0) is 86.9 Å². The molecule has 0 bridgehead atoms. The normalized spacial score (nSPS) is 52.9. The summed E-state index contributed by atoms with van der Waals surface area (Å²) in [7, 11) is 3.35. The highest BCUT2D eigenvalue weighted by atomic mass is 16.7. The van der Waals surface area contributed by atoms with E-state index in [1.54, 1.807) is 0 Å². The molecule has 0 unspecified atom stereocenters. The van der Waals surface area contributed by atoms with Gasteiger partial charge in [-0.25, -0.2) is 4.79 Å². The fourth-order valence-corrected chi connectivity index (χ4v) is 8.74. The van der Waals surface area contributed by atoms with E-state index in [0.29, 0.717) is 23.4 Å². The second kappa shape index (κ2) is 7.45. The number of carbonyl (C=O) groups excluding carboxylic acids is 1. The van der Waals surface area contributed by atoms with Crippen LogP contribution >= 0.6 is 0 Å². The summed E-state index contributed by atoms with van der Waals surface area (Å²) in [6.45, 7) is 5.72. The fraction of sp³-hybridized carbons (Fsp3) is 0.960. The molecule has 170 valence electrons. The Kier molecular flexibility index (Phi) is 5.27. The molecule has 0 radical (unpaired) electrons. The van der Waals surface area contributed by atoms with E-state index >= 15 is 0 Å². The minimum atomic E-state index is -0.606. The van der Waals surface area contributed by atoms with E-state index in [0.717, 1.165) is 44.1 Å². The quantitative estimate of drug-likeness (QED) is 0.605. The molecule has 3 saturated carbocycles. The number of ether oxygens (including phenoxy) is 4. The first-order valence-corrected chi connectivity index (χ1v) is 12.3. The summed E-state index contributed by atoms with van der Waals surface area (Å²) in [6.07, 6.45) is 11.3. The fourth-order valence-electron chi connectivity index (χ4n) is 8.74. The largest absolute Gasteiger partial charge is 0.467 e. The zero-order valence-electron chi connectivity index (χ0n) is 19.3. The maximum atomic E-state index is 12.6. The van der Waals surface area contributed by atoms with E-state index in [1.165, 1.54) is 45.6 Å². The summed E-state index contributed by atoms with van der Waals surface area (Å²) in [4.78, 5) is 12.6. The van der Waals surface area contributed by atoms with Crippen LogP contribution in [0, 0.1) is 34.5 Å². The van der Waals surface area contributed by atoms with E-state index in [4.69, 9.17) is 18.9 Å². The lowest BCUT2D eigenvalue weighted by Gasteiger charge is -2.65. The lowest BCUT2D eigenvalue weighted by Crippen LogP contribution is -2.65. The molecular weight excluding hydrogens is 380 g/mol. The van der Waals surface area contributed by atoms with E-state index < -0.39 is 11.9 Å². The van der Waals surface area contributed by atoms with Crippen LogP contribution in [0.15, 0.2) is 0 Å². The number of hydrogen-bond acceptors (Lipinski definition) is 5. The molecule has 2 aliphatic heterocycles. The summed E-state index contributed by atoms with van der Waals surface area (Å²) < 4.78 is 23.8. The van der Waals surface area contributed by atoms with Gasteiger partial charge in [0.15, 0.2) is 11.9 Å². The van der Waals surface area contributed by atoms with Gasteiger partial charge in [-0.2, -0.15) is 0 Å². The van der Waals surface area contributed by atoms with Crippen molar-refractivity contribution in [2.45, 2.75) is 96.1 Å². The smallest absolute Gasteiger partial charge is 0.335 e. The van der Waals surface area contributed by atoms with Gasteiger partial charge in [0, 0.05) is 18.9 Å². The molecular formula is C25H40O5. The van der Waals surface area contributed by atoms with Crippen molar-refractivity contribution in [3.8, 4) is 0 Å². The van der Waals surface area contributed by atoms with Crippen molar-refractivity contribution in [2.75, 3.05) is 20.8 Å². The van der Waals surface area contributed by atoms with Crippen LogP contribution in [-0.2, 0) is 23.7 Å². The Morgan fingerprint density at radius 2 is 1.80 bits per heavy atom. The molecule has 0 aromatic heterocycles. The third-order valence-electron chi connectivity index (χ3n) is 10.5. The second-order valence-electron chi connectivity index (χ2n) is 11.3. The van der Waals surface area contributed by atoms with Crippen LogP contribution in [0.2, 0.25) is 0 Å². The van der Waals surface area contributed by atoms with Crippen molar-refractivity contribution in [1.29, 1.82) is 0 Å². The first-order valence-electron chi connectivity index (χ1n) is 12.3. The first kappa shape index (κ1) is 21.2. The third kappa shape index (κ3) is 2.87. The highest BCUT2D eigenvalue weighted by Crippen LogP contribution is 2.68. The monoisotopic (exact) mass is 420 g/mol. The number of esters is 1. The highest BCUT2D eigenvalue weighted by molar-refractivity contribution is 5.74. The number of rotatable bonds is 2. The zero-order chi connectivity index (χ0) is 21.1. The predicted octanol–water partition coefficient (Wildman–Crippen LogP) is 4.72. The van der Waals surface area contributed by atoms with E-state index in [1.807, 2.05) is 7.11 Å². The van der Waals surface area contributed by atoms with Gasteiger partial charge in [0.25, 0.3) is 0 Å². The van der Waals surface area contributed by atoms with Gasteiger partial charge in [-0.15, -0.1) is 0 Å². The van der Waals surface area contributed by atoms with E-state index in [9.17, 15) is 4.79 Å². The average Bonchev–Trinajstić information content (AvgIpc) is 3.23. The van der Waals surface area contributed by atoms with Crippen LogP contribution in [0.1, 0.15) is 78.1 Å². The van der Waals surface area contributed by atoms with Gasteiger partial charge in [-0.1, -0.05) is 13.8 Å². The van der Waals surface area contributed by atoms with Gasteiger partial charge in [0.1, 0.15) is 0 Å².